The molecule has 0 radical (unpaired) electrons. The smallest absolute Gasteiger partial charge is 0.253 e. The van der Waals surface area contributed by atoms with Crippen molar-refractivity contribution in [2.75, 3.05) is 5.32 Å². The number of rotatable bonds is 7. The Morgan fingerprint density at radius 1 is 1.00 bits per heavy atom. The number of nitrogens with zero attached hydrogens (tertiary/aromatic N) is 1. The predicted molar refractivity (Wildman–Crippen MR) is 129 cm³/mol. The molecule has 1 atom stereocenters. The second-order valence-electron chi connectivity index (χ2n) is 7.59. The van der Waals surface area contributed by atoms with Gasteiger partial charge in [0, 0.05) is 29.2 Å². The van der Waals surface area contributed by atoms with Gasteiger partial charge in [-0.25, -0.2) is 0 Å². The van der Waals surface area contributed by atoms with E-state index in [9.17, 15) is 9.59 Å². The molecular formula is C26H21ClN4O2. The summed E-state index contributed by atoms with van der Waals surface area (Å²) in [6, 6.07) is 22.8. The molecular weight excluding hydrogens is 436 g/mol. The van der Waals surface area contributed by atoms with Crippen molar-refractivity contribution in [3.05, 3.63) is 101 Å². The van der Waals surface area contributed by atoms with E-state index in [1.807, 2.05) is 30.5 Å². The van der Waals surface area contributed by atoms with E-state index in [-0.39, 0.29) is 5.91 Å². The Morgan fingerprint density at radius 3 is 2.48 bits per heavy atom. The summed E-state index contributed by atoms with van der Waals surface area (Å²) in [5.74, 6) is -0.779. The largest absolute Gasteiger partial charge is 0.361 e. The maximum Gasteiger partial charge on any atom is 0.253 e. The van der Waals surface area contributed by atoms with Crippen LogP contribution in [0.15, 0.2) is 79.0 Å². The van der Waals surface area contributed by atoms with Crippen LogP contribution in [0.3, 0.4) is 0 Å². The number of fused-ring (bicyclic) bond motifs is 1. The molecule has 1 aromatic heterocycles. The van der Waals surface area contributed by atoms with Crippen molar-refractivity contribution in [1.29, 1.82) is 5.26 Å². The van der Waals surface area contributed by atoms with E-state index in [2.05, 4.69) is 21.7 Å². The van der Waals surface area contributed by atoms with Crippen molar-refractivity contribution in [1.82, 2.24) is 10.3 Å². The van der Waals surface area contributed by atoms with Crippen LogP contribution in [-0.4, -0.2) is 22.8 Å². The number of aromatic amines is 1. The lowest BCUT2D eigenvalue weighted by Crippen LogP contribution is -2.45. The van der Waals surface area contributed by atoms with E-state index >= 15 is 0 Å². The summed E-state index contributed by atoms with van der Waals surface area (Å²) in [4.78, 5) is 29.3. The molecule has 2 amide bonds. The van der Waals surface area contributed by atoms with Crippen molar-refractivity contribution >= 4 is 40.0 Å². The number of benzene rings is 3. The molecule has 0 aliphatic rings. The first-order valence-electron chi connectivity index (χ1n) is 10.4. The van der Waals surface area contributed by atoms with Crippen LogP contribution >= 0.6 is 11.6 Å². The second kappa shape index (κ2) is 10.0. The number of H-pyrrole nitrogens is 1. The van der Waals surface area contributed by atoms with Crippen LogP contribution < -0.4 is 10.6 Å². The number of para-hydroxylation sites is 1. The fraction of sp³-hybridized carbons (Fsp3) is 0.115. The lowest BCUT2D eigenvalue weighted by molar-refractivity contribution is -0.118. The van der Waals surface area contributed by atoms with Gasteiger partial charge in [-0.05, 0) is 41.5 Å². The number of anilines is 1. The molecule has 0 spiro atoms. The topological polar surface area (TPSA) is 97.8 Å². The van der Waals surface area contributed by atoms with E-state index in [0.29, 0.717) is 29.1 Å². The Balaban J connectivity index is 1.58. The molecule has 0 fully saturated rings. The number of amides is 2. The summed E-state index contributed by atoms with van der Waals surface area (Å²) in [7, 11) is 0. The maximum absolute atomic E-state index is 13.2. The molecule has 4 rings (SSSR count). The Morgan fingerprint density at radius 2 is 1.73 bits per heavy atom. The number of halogens is 1. The van der Waals surface area contributed by atoms with E-state index in [0.717, 1.165) is 22.0 Å². The molecule has 164 valence electrons. The summed E-state index contributed by atoms with van der Waals surface area (Å²) in [5.41, 5.74) is 3.61. The maximum atomic E-state index is 13.2. The molecule has 1 heterocycles. The fourth-order valence-electron chi connectivity index (χ4n) is 3.64. The summed E-state index contributed by atoms with van der Waals surface area (Å²) in [6.07, 6.45) is 2.44. The molecule has 0 bridgehead atoms. The Hall–Kier alpha value is -4.08. The molecule has 0 saturated heterocycles. The highest BCUT2D eigenvalue weighted by Crippen LogP contribution is 2.21. The average Bonchev–Trinajstić information content (AvgIpc) is 3.23. The standard InChI is InChI=1S/C26H21ClN4O2/c27-22-7-3-1-6-21(22)25(32)31-24(15-18-16-29-23-8-4-2-5-20(18)23)26(33)30-19-11-9-17(10-12-19)13-14-28/h1-12,16,24,29H,13,15H2,(H,30,33)(H,31,32)/t24-/m1/s1. The van der Waals surface area contributed by atoms with Gasteiger partial charge in [0.2, 0.25) is 5.91 Å². The molecule has 7 heteroatoms. The quantitative estimate of drug-likeness (QED) is 0.370. The van der Waals surface area contributed by atoms with Gasteiger partial charge < -0.3 is 15.6 Å². The van der Waals surface area contributed by atoms with Gasteiger partial charge in [-0.3, -0.25) is 9.59 Å². The van der Waals surface area contributed by atoms with Crippen molar-refractivity contribution in [2.45, 2.75) is 18.9 Å². The molecule has 4 aromatic rings. The first kappa shape index (κ1) is 22.1. The van der Waals surface area contributed by atoms with Gasteiger partial charge in [-0.15, -0.1) is 0 Å². The lowest BCUT2D eigenvalue weighted by Gasteiger charge is -2.19. The first-order chi connectivity index (χ1) is 16.0. The summed E-state index contributed by atoms with van der Waals surface area (Å²) in [5, 5.41) is 15.8. The SMILES string of the molecule is N#CCc1ccc(NC(=O)[C@@H](Cc2c[nH]c3ccccc23)NC(=O)c2ccccc2Cl)cc1. The number of carbonyl (C=O) groups excluding carboxylic acids is 2. The molecule has 0 aliphatic carbocycles. The highest BCUT2D eigenvalue weighted by molar-refractivity contribution is 6.33. The third-order valence-electron chi connectivity index (χ3n) is 5.34. The van der Waals surface area contributed by atoms with Gasteiger partial charge in [0.05, 0.1) is 23.1 Å². The predicted octanol–water partition coefficient (Wildman–Crippen LogP) is 4.87. The van der Waals surface area contributed by atoms with Gasteiger partial charge in [0.15, 0.2) is 0 Å². The zero-order valence-electron chi connectivity index (χ0n) is 17.6. The van der Waals surface area contributed by atoms with Crippen molar-refractivity contribution < 1.29 is 9.59 Å². The van der Waals surface area contributed by atoms with Crippen LogP contribution in [0.1, 0.15) is 21.5 Å². The molecule has 6 nitrogen and oxygen atoms in total. The molecule has 33 heavy (non-hydrogen) atoms. The normalized spacial score (nSPS) is 11.5. The minimum absolute atomic E-state index is 0.290. The van der Waals surface area contributed by atoms with Gasteiger partial charge in [-0.1, -0.05) is 54.1 Å². The first-order valence-corrected chi connectivity index (χ1v) is 10.8. The number of carbonyl (C=O) groups is 2. The molecule has 3 N–H and O–H groups in total. The van der Waals surface area contributed by atoms with Crippen LogP contribution in [0, 0.1) is 11.3 Å². The fourth-order valence-corrected chi connectivity index (χ4v) is 3.86. The number of hydrogen-bond donors (Lipinski definition) is 3. The Labute approximate surface area is 196 Å². The number of nitrogens with one attached hydrogen (secondary N) is 3. The summed E-state index contributed by atoms with van der Waals surface area (Å²) in [6.45, 7) is 0. The zero-order chi connectivity index (χ0) is 23.2. The van der Waals surface area contributed by atoms with Crippen LogP contribution in [0.25, 0.3) is 10.9 Å². The number of nitriles is 1. The van der Waals surface area contributed by atoms with Gasteiger partial charge in [0.25, 0.3) is 5.91 Å². The molecule has 0 unspecified atom stereocenters. The van der Waals surface area contributed by atoms with Crippen LogP contribution in [0.5, 0.6) is 0 Å². The van der Waals surface area contributed by atoms with Crippen molar-refractivity contribution in [3.63, 3.8) is 0 Å². The molecule has 0 saturated carbocycles. The summed E-state index contributed by atoms with van der Waals surface area (Å²) < 4.78 is 0. The Bertz CT molecular complexity index is 1340. The van der Waals surface area contributed by atoms with E-state index < -0.39 is 11.9 Å². The molecule has 3 aromatic carbocycles. The van der Waals surface area contributed by atoms with Crippen molar-refractivity contribution in [3.8, 4) is 6.07 Å². The number of hydrogen-bond acceptors (Lipinski definition) is 3. The second-order valence-corrected chi connectivity index (χ2v) is 8.00. The van der Waals surface area contributed by atoms with E-state index in [1.165, 1.54) is 0 Å². The van der Waals surface area contributed by atoms with Crippen LogP contribution in [0.4, 0.5) is 5.69 Å². The monoisotopic (exact) mass is 456 g/mol. The third-order valence-corrected chi connectivity index (χ3v) is 5.67. The number of aromatic nitrogens is 1. The zero-order valence-corrected chi connectivity index (χ0v) is 18.4. The van der Waals surface area contributed by atoms with Crippen molar-refractivity contribution in [2.24, 2.45) is 0 Å². The highest BCUT2D eigenvalue weighted by atomic mass is 35.5. The minimum atomic E-state index is -0.841. The van der Waals surface area contributed by atoms with E-state index in [4.69, 9.17) is 16.9 Å². The lowest BCUT2D eigenvalue weighted by atomic mass is 10.0. The Kier molecular flexibility index (Phi) is 6.72. The third kappa shape index (κ3) is 5.22. The van der Waals surface area contributed by atoms with Gasteiger partial charge in [-0.2, -0.15) is 5.26 Å². The summed E-state index contributed by atoms with van der Waals surface area (Å²) >= 11 is 6.18. The average molecular weight is 457 g/mol. The minimum Gasteiger partial charge on any atom is -0.361 e. The van der Waals surface area contributed by atoms with Gasteiger partial charge >= 0.3 is 0 Å². The van der Waals surface area contributed by atoms with E-state index in [1.54, 1.807) is 48.5 Å². The van der Waals surface area contributed by atoms with Gasteiger partial charge in [0.1, 0.15) is 6.04 Å². The molecule has 0 aliphatic heterocycles. The van der Waals surface area contributed by atoms with Crippen LogP contribution in [-0.2, 0) is 17.6 Å². The van der Waals surface area contributed by atoms with Crippen LogP contribution in [0.2, 0.25) is 5.02 Å². The highest BCUT2D eigenvalue weighted by Gasteiger charge is 2.24.